The number of thioether (sulfide) groups is 1. The molecule has 0 fully saturated rings. The lowest BCUT2D eigenvalue weighted by atomic mass is 10.2. The van der Waals surface area contributed by atoms with Crippen LogP contribution in [0.25, 0.3) is 11.0 Å². The highest BCUT2D eigenvalue weighted by Crippen LogP contribution is 2.23. The molecular weight excluding hydrogens is 268 g/mol. The van der Waals surface area contributed by atoms with E-state index < -0.39 is 11.6 Å². The lowest BCUT2D eigenvalue weighted by molar-refractivity contribution is 0.507. The van der Waals surface area contributed by atoms with Gasteiger partial charge in [0.1, 0.15) is 5.52 Å². The van der Waals surface area contributed by atoms with Gasteiger partial charge in [0.15, 0.2) is 16.8 Å². The van der Waals surface area contributed by atoms with Crippen molar-refractivity contribution in [3.05, 3.63) is 53.9 Å². The average molecular weight is 277 g/mol. The minimum atomic E-state index is -0.830. The Bertz CT molecular complexity index is 694. The highest BCUT2D eigenvalue weighted by molar-refractivity contribution is 7.98. The topological polar surface area (TPSA) is 41.6 Å². The van der Waals surface area contributed by atoms with Crippen molar-refractivity contribution in [1.82, 2.24) is 15.0 Å². The maximum Gasteiger partial charge on any atom is 0.166 e. The molecule has 0 spiro atoms. The van der Waals surface area contributed by atoms with E-state index in [1.165, 1.54) is 17.8 Å². The summed E-state index contributed by atoms with van der Waals surface area (Å²) in [6, 6.07) is 5.74. The van der Waals surface area contributed by atoms with Crippen molar-refractivity contribution in [3.63, 3.8) is 0 Å². The number of rotatable bonds is 3. The second kappa shape index (κ2) is 4.97. The molecule has 0 saturated heterocycles. The third-order valence-corrected chi connectivity index (χ3v) is 3.57. The van der Waals surface area contributed by atoms with Crippen LogP contribution < -0.4 is 0 Å². The van der Waals surface area contributed by atoms with Crippen LogP contribution in [0.1, 0.15) is 5.56 Å². The fourth-order valence-electron chi connectivity index (χ4n) is 1.68. The standard InChI is InChI=1S/C13H9F2N3S/c14-9-2-1-8(5-10(9)15)7-19-13-17-11-3-4-16-6-12(11)18-13/h1-6H,7H2,(H,17,18). The third-order valence-electron chi connectivity index (χ3n) is 2.62. The van der Waals surface area contributed by atoms with E-state index in [0.717, 1.165) is 22.3 Å². The Morgan fingerprint density at radius 3 is 2.84 bits per heavy atom. The molecular formula is C13H9F2N3S. The normalized spacial score (nSPS) is 11.1. The summed E-state index contributed by atoms with van der Waals surface area (Å²) in [6.07, 6.45) is 3.36. The Labute approximate surface area is 112 Å². The molecule has 0 bridgehead atoms. The van der Waals surface area contributed by atoms with Gasteiger partial charge in [-0.2, -0.15) is 0 Å². The number of hydrogen-bond acceptors (Lipinski definition) is 3. The minimum Gasteiger partial charge on any atom is -0.333 e. The predicted octanol–water partition coefficient (Wildman–Crippen LogP) is 3.53. The Morgan fingerprint density at radius 1 is 1.16 bits per heavy atom. The highest BCUT2D eigenvalue weighted by atomic mass is 32.2. The summed E-state index contributed by atoms with van der Waals surface area (Å²) in [5, 5.41) is 0.729. The largest absolute Gasteiger partial charge is 0.333 e. The van der Waals surface area contributed by atoms with E-state index in [1.54, 1.807) is 18.5 Å². The van der Waals surface area contributed by atoms with Crippen molar-refractivity contribution in [2.75, 3.05) is 0 Å². The molecule has 1 aromatic carbocycles. The van der Waals surface area contributed by atoms with Crippen molar-refractivity contribution in [2.45, 2.75) is 10.9 Å². The predicted molar refractivity (Wildman–Crippen MR) is 69.8 cm³/mol. The molecule has 2 heterocycles. The lowest BCUT2D eigenvalue weighted by Gasteiger charge is -2.00. The highest BCUT2D eigenvalue weighted by Gasteiger charge is 2.06. The first-order valence-corrected chi connectivity index (χ1v) is 6.57. The van der Waals surface area contributed by atoms with Gasteiger partial charge in [-0.1, -0.05) is 17.8 Å². The zero-order valence-corrected chi connectivity index (χ0v) is 10.5. The molecule has 0 amide bonds. The third kappa shape index (κ3) is 2.58. The van der Waals surface area contributed by atoms with Gasteiger partial charge in [-0.25, -0.2) is 13.8 Å². The molecule has 0 aliphatic heterocycles. The van der Waals surface area contributed by atoms with E-state index in [1.807, 2.05) is 6.07 Å². The van der Waals surface area contributed by atoms with Gasteiger partial charge >= 0.3 is 0 Å². The number of imidazole rings is 1. The zero-order chi connectivity index (χ0) is 13.2. The second-order valence-corrected chi connectivity index (χ2v) is 4.94. The molecule has 3 aromatic rings. The summed E-state index contributed by atoms with van der Waals surface area (Å²) < 4.78 is 25.9. The van der Waals surface area contributed by atoms with Gasteiger partial charge < -0.3 is 4.98 Å². The summed E-state index contributed by atoms with van der Waals surface area (Å²) in [5.74, 6) is -1.14. The Balaban J connectivity index is 1.76. The van der Waals surface area contributed by atoms with Crippen LogP contribution in [0.15, 0.2) is 41.8 Å². The first kappa shape index (κ1) is 12.1. The van der Waals surface area contributed by atoms with E-state index in [0.29, 0.717) is 11.3 Å². The molecule has 0 aliphatic carbocycles. The van der Waals surface area contributed by atoms with Crippen molar-refractivity contribution < 1.29 is 8.78 Å². The number of pyridine rings is 1. The molecule has 0 unspecified atom stereocenters. The van der Waals surface area contributed by atoms with Gasteiger partial charge in [-0.15, -0.1) is 0 Å². The monoisotopic (exact) mass is 277 g/mol. The first-order valence-electron chi connectivity index (χ1n) is 5.59. The zero-order valence-electron chi connectivity index (χ0n) is 9.73. The smallest absolute Gasteiger partial charge is 0.166 e. The molecule has 96 valence electrons. The van der Waals surface area contributed by atoms with Gasteiger partial charge in [0.05, 0.1) is 11.7 Å². The quantitative estimate of drug-likeness (QED) is 0.745. The van der Waals surface area contributed by atoms with Crippen LogP contribution in [0, 0.1) is 11.6 Å². The number of H-pyrrole nitrogens is 1. The molecule has 19 heavy (non-hydrogen) atoms. The molecule has 3 rings (SSSR count). The SMILES string of the molecule is Fc1ccc(CSc2nc3cnccc3[nH]2)cc1F. The van der Waals surface area contributed by atoms with Crippen LogP contribution in [0.4, 0.5) is 8.78 Å². The average Bonchev–Trinajstić information content (AvgIpc) is 2.83. The number of benzene rings is 1. The van der Waals surface area contributed by atoms with Gasteiger partial charge in [-0.3, -0.25) is 4.98 Å². The van der Waals surface area contributed by atoms with E-state index in [-0.39, 0.29) is 0 Å². The molecule has 0 atom stereocenters. The van der Waals surface area contributed by atoms with Crippen LogP contribution in [-0.4, -0.2) is 15.0 Å². The molecule has 0 aliphatic rings. The molecule has 2 aromatic heterocycles. The Hall–Kier alpha value is -1.95. The minimum absolute atomic E-state index is 0.518. The van der Waals surface area contributed by atoms with Gasteiger partial charge in [0.25, 0.3) is 0 Å². The van der Waals surface area contributed by atoms with Crippen LogP contribution >= 0.6 is 11.8 Å². The Morgan fingerprint density at radius 2 is 2.05 bits per heavy atom. The molecule has 1 N–H and O–H groups in total. The van der Waals surface area contributed by atoms with Crippen LogP contribution in [-0.2, 0) is 5.75 Å². The maximum absolute atomic E-state index is 13.1. The molecule has 0 radical (unpaired) electrons. The van der Waals surface area contributed by atoms with Crippen LogP contribution in [0.5, 0.6) is 0 Å². The number of nitrogens with zero attached hydrogens (tertiary/aromatic N) is 2. The van der Waals surface area contributed by atoms with Gasteiger partial charge in [0.2, 0.25) is 0 Å². The number of fused-ring (bicyclic) bond motifs is 1. The van der Waals surface area contributed by atoms with Crippen molar-refractivity contribution in [3.8, 4) is 0 Å². The van der Waals surface area contributed by atoms with Crippen molar-refractivity contribution in [1.29, 1.82) is 0 Å². The molecule has 6 heteroatoms. The fraction of sp³-hybridized carbons (Fsp3) is 0.0769. The number of halogens is 2. The van der Waals surface area contributed by atoms with E-state index in [4.69, 9.17) is 0 Å². The summed E-state index contributed by atoms with van der Waals surface area (Å²) in [7, 11) is 0. The van der Waals surface area contributed by atoms with Crippen LogP contribution in [0.2, 0.25) is 0 Å². The summed E-state index contributed by atoms with van der Waals surface area (Å²) >= 11 is 1.43. The second-order valence-electron chi connectivity index (χ2n) is 3.97. The fourth-order valence-corrected chi connectivity index (χ4v) is 2.51. The van der Waals surface area contributed by atoms with Crippen LogP contribution in [0.3, 0.4) is 0 Å². The summed E-state index contributed by atoms with van der Waals surface area (Å²) in [5.41, 5.74) is 2.40. The van der Waals surface area contributed by atoms with E-state index in [9.17, 15) is 8.78 Å². The lowest BCUT2D eigenvalue weighted by Crippen LogP contribution is -1.87. The molecule has 0 saturated carbocycles. The maximum atomic E-state index is 13.1. The summed E-state index contributed by atoms with van der Waals surface area (Å²) in [6.45, 7) is 0. The number of aromatic nitrogens is 3. The van der Waals surface area contributed by atoms with Crippen molar-refractivity contribution in [2.24, 2.45) is 0 Å². The van der Waals surface area contributed by atoms with E-state index in [2.05, 4.69) is 15.0 Å². The van der Waals surface area contributed by atoms with Gasteiger partial charge in [-0.05, 0) is 23.8 Å². The number of aromatic amines is 1. The van der Waals surface area contributed by atoms with Gasteiger partial charge in [0, 0.05) is 11.9 Å². The van der Waals surface area contributed by atoms with Crippen molar-refractivity contribution >= 4 is 22.8 Å². The summed E-state index contributed by atoms with van der Waals surface area (Å²) in [4.78, 5) is 11.5. The first-order chi connectivity index (χ1) is 9.22. The number of hydrogen-bond donors (Lipinski definition) is 1. The molecule has 3 nitrogen and oxygen atoms in total. The van der Waals surface area contributed by atoms with E-state index >= 15 is 0 Å². The Kier molecular flexibility index (Phi) is 3.16. The number of nitrogens with one attached hydrogen (secondary N) is 1.